The van der Waals surface area contributed by atoms with Gasteiger partial charge in [-0.05, 0) is 18.6 Å². The maximum absolute atomic E-state index is 4.28. The third-order valence-electron chi connectivity index (χ3n) is 2.95. The first kappa shape index (κ1) is 9.33. The van der Waals surface area contributed by atoms with E-state index in [2.05, 4.69) is 20.0 Å². The number of hydrogen-bond acceptors (Lipinski definition) is 4. The highest BCUT2D eigenvalue weighted by Gasteiger charge is 2.24. The van der Waals surface area contributed by atoms with Gasteiger partial charge in [0, 0.05) is 31.7 Å². The molecule has 0 saturated carbocycles. The van der Waals surface area contributed by atoms with Crippen LogP contribution in [0.1, 0.15) is 12.5 Å². The minimum atomic E-state index is 0.463. The van der Waals surface area contributed by atoms with Crippen LogP contribution < -0.4 is 4.90 Å². The first-order chi connectivity index (χ1) is 7.93. The van der Waals surface area contributed by atoms with Crippen molar-refractivity contribution < 1.29 is 0 Å². The maximum Gasteiger partial charge on any atom is 0.131 e. The minimum absolute atomic E-state index is 0.463. The molecule has 0 bridgehead atoms. The van der Waals surface area contributed by atoms with Crippen molar-refractivity contribution in [1.29, 1.82) is 0 Å². The summed E-state index contributed by atoms with van der Waals surface area (Å²) in [7, 11) is 0. The van der Waals surface area contributed by atoms with Crippen LogP contribution >= 0.6 is 0 Å². The molecule has 0 N–H and O–H groups in total. The molecule has 0 radical (unpaired) electrons. The quantitative estimate of drug-likeness (QED) is 0.753. The molecule has 5 heteroatoms. The van der Waals surface area contributed by atoms with Gasteiger partial charge < -0.3 is 4.90 Å². The zero-order valence-electron chi connectivity index (χ0n) is 8.90. The summed E-state index contributed by atoms with van der Waals surface area (Å²) in [5, 5.41) is 4.28. The van der Waals surface area contributed by atoms with Crippen molar-refractivity contribution in [2.75, 3.05) is 18.0 Å². The minimum Gasteiger partial charge on any atom is -0.354 e. The average molecular weight is 215 g/mol. The average Bonchev–Trinajstić information content (AvgIpc) is 3.01. The molecule has 0 spiro atoms. The molecule has 82 valence electrons. The van der Waals surface area contributed by atoms with Crippen LogP contribution in [0, 0.1) is 0 Å². The first-order valence-electron chi connectivity index (χ1n) is 5.43. The Morgan fingerprint density at radius 1 is 1.31 bits per heavy atom. The second-order valence-corrected chi connectivity index (χ2v) is 3.94. The molecule has 1 fully saturated rings. The van der Waals surface area contributed by atoms with Crippen LogP contribution in [0.15, 0.2) is 37.1 Å². The smallest absolute Gasteiger partial charge is 0.131 e. The zero-order chi connectivity index (χ0) is 10.8. The molecular formula is C11H13N5. The normalized spacial score (nSPS) is 20.2. The zero-order valence-corrected chi connectivity index (χ0v) is 8.90. The third-order valence-corrected chi connectivity index (χ3v) is 2.95. The largest absolute Gasteiger partial charge is 0.354 e. The molecule has 3 heterocycles. The summed E-state index contributed by atoms with van der Waals surface area (Å²) in [6, 6.07) is 4.38. The Bertz CT molecular complexity index is 439. The summed E-state index contributed by atoms with van der Waals surface area (Å²) in [4.78, 5) is 10.5. The standard InChI is InChI=1S/C11H13N5/c1-4-14-16(6-1)10-3-7-15(8-10)11-2-5-12-9-13-11/h1-2,4-6,9-10H,3,7-8H2. The lowest BCUT2D eigenvalue weighted by molar-refractivity contribution is 0.494. The highest BCUT2D eigenvalue weighted by Crippen LogP contribution is 2.24. The van der Waals surface area contributed by atoms with E-state index in [1.165, 1.54) is 0 Å². The van der Waals surface area contributed by atoms with Gasteiger partial charge in [-0.15, -0.1) is 0 Å². The lowest BCUT2D eigenvalue weighted by Crippen LogP contribution is -2.21. The SMILES string of the molecule is c1cnn(C2CCN(c3ccncn3)C2)c1. The predicted octanol–water partition coefficient (Wildman–Crippen LogP) is 1.12. The van der Waals surface area contributed by atoms with E-state index in [0.29, 0.717) is 6.04 Å². The van der Waals surface area contributed by atoms with Crippen molar-refractivity contribution in [3.8, 4) is 0 Å². The van der Waals surface area contributed by atoms with Gasteiger partial charge in [-0.25, -0.2) is 9.97 Å². The number of hydrogen-bond donors (Lipinski definition) is 0. The summed E-state index contributed by atoms with van der Waals surface area (Å²) >= 11 is 0. The highest BCUT2D eigenvalue weighted by atomic mass is 15.3. The highest BCUT2D eigenvalue weighted by molar-refractivity contribution is 5.37. The molecule has 1 unspecified atom stereocenters. The second kappa shape index (κ2) is 3.92. The summed E-state index contributed by atoms with van der Waals surface area (Å²) in [5.41, 5.74) is 0. The van der Waals surface area contributed by atoms with Gasteiger partial charge in [-0.1, -0.05) is 0 Å². The molecule has 5 nitrogen and oxygen atoms in total. The Kier molecular flexibility index (Phi) is 2.29. The van der Waals surface area contributed by atoms with Gasteiger partial charge in [0.1, 0.15) is 12.1 Å². The van der Waals surface area contributed by atoms with Crippen molar-refractivity contribution in [2.24, 2.45) is 0 Å². The Labute approximate surface area is 93.7 Å². The van der Waals surface area contributed by atoms with Gasteiger partial charge >= 0.3 is 0 Å². The van der Waals surface area contributed by atoms with Crippen LogP contribution in [0.2, 0.25) is 0 Å². The van der Waals surface area contributed by atoms with E-state index < -0.39 is 0 Å². The van der Waals surface area contributed by atoms with Gasteiger partial charge in [0.2, 0.25) is 0 Å². The summed E-state index contributed by atoms with van der Waals surface area (Å²) in [6.45, 7) is 2.00. The number of rotatable bonds is 2. The van der Waals surface area contributed by atoms with Crippen molar-refractivity contribution in [2.45, 2.75) is 12.5 Å². The molecule has 2 aromatic rings. The van der Waals surface area contributed by atoms with Crippen LogP contribution in [0.3, 0.4) is 0 Å². The Morgan fingerprint density at radius 2 is 2.31 bits per heavy atom. The van der Waals surface area contributed by atoms with E-state index in [9.17, 15) is 0 Å². The molecule has 3 rings (SSSR count). The topological polar surface area (TPSA) is 46.8 Å². The Hall–Kier alpha value is -1.91. The van der Waals surface area contributed by atoms with E-state index in [0.717, 1.165) is 25.3 Å². The predicted molar refractivity (Wildman–Crippen MR) is 60.1 cm³/mol. The van der Waals surface area contributed by atoms with Crippen LogP contribution in [-0.4, -0.2) is 32.8 Å². The Balaban J connectivity index is 1.74. The molecule has 1 saturated heterocycles. The fraction of sp³-hybridized carbons (Fsp3) is 0.364. The van der Waals surface area contributed by atoms with E-state index in [4.69, 9.17) is 0 Å². The van der Waals surface area contributed by atoms with E-state index in [1.807, 2.05) is 29.2 Å². The Morgan fingerprint density at radius 3 is 3.06 bits per heavy atom. The molecule has 2 aromatic heterocycles. The molecule has 16 heavy (non-hydrogen) atoms. The summed E-state index contributed by atoms with van der Waals surface area (Å²) < 4.78 is 2.03. The van der Waals surface area contributed by atoms with Crippen molar-refractivity contribution in [3.63, 3.8) is 0 Å². The van der Waals surface area contributed by atoms with Crippen molar-refractivity contribution in [3.05, 3.63) is 37.1 Å². The molecule has 1 aliphatic heterocycles. The van der Waals surface area contributed by atoms with Gasteiger partial charge in [-0.2, -0.15) is 5.10 Å². The van der Waals surface area contributed by atoms with Crippen LogP contribution in [0.5, 0.6) is 0 Å². The van der Waals surface area contributed by atoms with Crippen LogP contribution in [0.25, 0.3) is 0 Å². The lowest BCUT2D eigenvalue weighted by Gasteiger charge is -2.16. The number of aromatic nitrogens is 4. The monoisotopic (exact) mass is 215 g/mol. The molecular weight excluding hydrogens is 202 g/mol. The van der Waals surface area contributed by atoms with Crippen molar-refractivity contribution >= 4 is 5.82 Å². The second-order valence-electron chi connectivity index (χ2n) is 3.94. The van der Waals surface area contributed by atoms with Crippen LogP contribution in [0.4, 0.5) is 5.82 Å². The molecule has 1 atom stereocenters. The van der Waals surface area contributed by atoms with Gasteiger partial charge in [0.05, 0.1) is 6.04 Å². The first-order valence-corrected chi connectivity index (χ1v) is 5.43. The van der Waals surface area contributed by atoms with Gasteiger partial charge in [-0.3, -0.25) is 4.68 Å². The van der Waals surface area contributed by atoms with Gasteiger partial charge in [0.25, 0.3) is 0 Å². The fourth-order valence-corrected chi connectivity index (χ4v) is 2.13. The third kappa shape index (κ3) is 1.64. The van der Waals surface area contributed by atoms with E-state index in [1.54, 1.807) is 12.5 Å². The molecule has 0 aromatic carbocycles. The summed E-state index contributed by atoms with van der Waals surface area (Å²) in [6.07, 6.45) is 8.34. The van der Waals surface area contributed by atoms with E-state index >= 15 is 0 Å². The maximum atomic E-state index is 4.28. The van der Waals surface area contributed by atoms with Crippen LogP contribution in [-0.2, 0) is 0 Å². The lowest BCUT2D eigenvalue weighted by atomic mass is 10.3. The molecule has 0 aliphatic carbocycles. The summed E-state index contributed by atoms with van der Waals surface area (Å²) in [5.74, 6) is 1.00. The van der Waals surface area contributed by atoms with Gasteiger partial charge in [0.15, 0.2) is 0 Å². The number of nitrogens with zero attached hydrogens (tertiary/aromatic N) is 5. The number of anilines is 1. The van der Waals surface area contributed by atoms with Crippen molar-refractivity contribution in [1.82, 2.24) is 19.7 Å². The van der Waals surface area contributed by atoms with E-state index in [-0.39, 0.29) is 0 Å². The molecule has 1 aliphatic rings. The molecule has 0 amide bonds. The fourth-order valence-electron chi connectivity index (χ4n) is 2.13.